The standard InChI is InChI=1S/C14H15F2N3O5/c1-8-7-14(21,13(15)16)18(17-8)12(20)9(2)24-11-6-4-3-5-10(11)19(22)23/h3-6,9,13,21H,7H2,1-2H3/t9-,14-/m0/s1. The number of alkyl halides is 2. The Bertz CT molecular complexity index is 697. The van der Waals surface area contributed by atoms with Crippen LogP contribution in [0.25, 0.3) is 0 Å². The van der Waals surface area contributed by atoms with E-state index >= 15 is 0 Å². The number of rotatable bonds is 5. The van der Waals surface area contributed by atoms with Gasteiger partial charge >= 0.3 is 5.69 Å². The molecule has 2 rings (SSSR count). The van der Waals surface area contributed by atoms with Gasteiger partial charge in [0.25, 0.3) is 12.3 Å². The van der Waals surface area contributed by atoms with Gasteiger partial charge in [-0.05, 0) is 19.9 Å². The number of nitrogens with zero attached hydrogens (tertiary/aromatic N) is 3. The van der Waals surface area contributed by atoms with Crippen molar-refractivity contribution >= 4 is 17.3 Å². The number of carbonyl (C=O) groups is 1. The van der Waals surface area contributed by atoms with E-state index in [4.69, 9.17) is 4.74 Å². The Balaban J connectivity index is 2.23. The third-order valence-corrected chi connectivity index (χ3v) is 3.43. The van der Waals surface area contributed by atoms with E-state index in [9.17, 15) is 28.8 Å². The van der Waals surface area contributed by atoms with Crippen molar-refractivity contribution in [2.75, 3.05) is 0 Å². The number of aliphatic hydroxyl groups is 1. The predicted octanol–water partition coefficient (Wildman–Crippen LogP) is 1.92. The summed E-state index contributed by atoms with van der Waals surface area (Å²) >= 11 is 0. The summed E-state index contributed by atoms with van der Waals surface area (Å²) < 4.78 is 31.5. The third kappa shape index (κ3) is 3.18. The molecule has 24 heavy (non-hydrogen) atoms. The van der Waals surface area contributed by atoms with E-state index in [1.165, 1.54) is 38.1 Å². The average Bonchev–Trinajstić information content (AvgIpc) is 2.83. The van der Waals surface area contributed by atoms with Crippen molar-refractivity contribution in [3.63, 3.8) is 0 Å². The van der Waals surface area contributed by atoms with Crippen LogP contribution in [0.1, 0.15) is 20.3 Å². The highest BCUT2D eigenvalue weighted by Gasteiger charge is 2.52. The molecule has 0 saturated heterocycles. The summed E-state index contributed by atoms with van der Waals surface area (Å²) in [6, 6.07) is 5.34. The van der Waals surface area contributed by atoms with E-state index in [0.29, 0.717) is 0 Å². The zero-order valence-electron chi connectivity index (χ0n) is 12.8. The van der Waals surface area contributed by atoms with E-state index in [-0.39, 0.29) is 22.2 Å². The number of para-hydroxylation sites is 2. The van der Waals surface area contributed by atoms with Gasteiger partial charge in [-0.1, -0.05) is 12.1 Å². The maximum atomic E-state index is 13.1. The van der Waals surface area contributed by atoms with Crippen molar-refractivity contribution < 1.29 is 28.3 Å². The van der Waals surface area contributed by atoms with Gasteiger partial charge in [0, 0.05) is 18.2 Å². The van der Waals surface area contributed by atoms with Gasteiger partial charge < -0.3 is 9.84 Å². The molecule has 0 spiro atoms. The lowest BCUT2D eigenvalue weighted by Gasteiger charge is -2.31. The van der Waals surface area contributed by atoms with E-state index in [2.05, 4.69) is 5.10 Å². The third-order valence-electron chi connectivity index (χ3n) is 3.43. The topological polar surface area (TPSA) is 105 Å². The largest absolute Gasteiger partial charge is 0.474 e. The molecule has 10 heteroatoms. The number of benzene rings is 1. The summed E-state index contributed by atoms with van der Waals surface area (Å²) in [6.07, 6.45) is -5.10. The Morgan fingerprint density at radius 1 is 1.50 bits per heavy atom. The number of carbonyl (C=O) groups excluding carboxylic acids is 1. The average molecular weight is 343 g/mol. The molecule has 1 aromatic carbocycles. The minimum Gasteiger partial charge on any atom is -0.474 e. The molecule has 0 aliphatic carbocycles. The molecular formula is C14H15F2N3O5. The maximum absolute atomic E-state index is 13.1. The highest BCUT2D eigenvalue weighted by atomic mass is 19.3. The van der Waals surface area contributed by atoms with Crippen LogP contribution in [0.3, 0.4) is 0 Å². The van der Waals surface area contributed by atoms with Crippen molar-refractivity contribution in [3.8, 4) is 5.75 Å². The second-order valence-electron chi connectivity index (χ2n) is 5.33. The van der Waals surface area contributed by atoms with Gasteiger partial charge in [-0.15, -0.1) is 0 Å². The van der Waals surface area contributed by atoms with Crippen molar-refractivity contribution in [2.45, 2.75) is 38.5 Å². The van der Waals surface area contributed by atoms with Gasteiger partial charge in [0.2, 0.25) is 5.72 Å². The molecule has 0 bridgehead atoms. The maximum Gasteiger partial charge on any atom is 0.310 e. The van der Waals surface area contributed by atoms with Gasteiger partial charge in [-0.2, -0.15) is 10.1 Å². The van der Waals surface area contributed by atoms with Crippen LogP contribution < -0.4 is 4.74 Å². The van der Waals surface area contributed by atoms with Crippen LogP contribution in [0, 0.1) is 10.1 Å². The first kappa shape index (κ1) is 17.7. The molecular weight excluding hydrogens is 328 g/mol. The smallest absolute Gasteiger partial charge is 0.310 e. The summed E-state index contributed by atoms with van der Waals surface area (Å²) in [7, 11) is 0. The molecule has 0 saturated carbocycles. The highest BCUT2D eigenvalue weighted by Crippen LogP contribution is 2.33. The van der Waals surface area contributed by atoms with Gasteiger partial charge in [0.05, 0.1) is 4.92 Å². The molecule has 0 fully saturated rings. The van der Waals surface area contributed by atoms with E-state index < -0.39 is 35.5 Å². The molecule has 1 aromatic rings. The van der Waals surface area contributed by atoms with Gasteiger partial charge in [0.15, 0.2) is 11.9 Å². The van der Waals surface area contributed by atoms with E-state index in [0.717, 1.165) is 0 Å². The number of ether oxygens (including phenoxy) is 1. The molecule has 1 amide bonds. The van der Waals surface area contributed by atoms with Crippen LogP contribution in [0.5, 0.6) is 5.75 Å². The number of hydrogen-bond donors (Lipinski definition) is 1. The minimum absolute atomic E-state index is 0.157. The Labute approximate surface area is 135 Å². The first-order valence-corrected chi connectivity index (χ1v) is 6.95. The fourth-order valence-corrected chi connectivity index (χ4v) is 2.27. The zero-order chi connectivity index (χ0) is 18.1. The van der Waals surface area contributed by atoms with Crippen LogP contribution in [0.4, 0.5) is 14.5 Å². The normalized spacial score (nSPS) is 21.6. The van der Waals surface area contributed by atoms with E-state index in [1.807, 2.05) is 0 Å². The lowest BCUT2D eigenvalue weighted by Crippen LogP contribution is -2.54. The molecule has 1 N–H and O–H groups in total. The predicted molar refractivity (Wildman–Crippen MR) is 78.7 cm³/mol. The highest BCUT2D eigenvalue weighted by molar-refractivity contribution is 5.90. The lowest BCUT2D eigenvalue weighted by atomic mass is 10.1. The Morgan fingerprint density at radius 2 is 2.12 bits per heavy atom. The van der Waals surface area contributed by atoms with Crippen molar-refractivity contribution in [1.82, 2.24) is 5.01 Å². The molecule has 1 aliphatic rings. The van der Waals surface area contributed by atoms with Crippen LogP contribution in [-0.4, -0.2) is 44.9 Å². The number of halogens is 2. The van der Waals surface area contributed by atoms with E-state index in [1.54, 1.807) is 0 Å². The molecule has 130 valence electrons. The van der Waals surface area contributed by atoms with Crippen LogP contribution in [0.15, 0.2) is 29.4 Å². The number of nitro benzene ring substituents is 1. The second kappa shape index (κ2) is 6.48. The van der Waals surface area contributed by atoms with Crippen molar-refractivity contribution in [1.29, 1.82) is 0 Å². The number of hydrogen-bond acceptors (Lipinski definition) is 6. The molecule has 0 aromatic heterocycles. The van der Waals surface area contributed by atoms with Crippen LogP contribution >= 0.6 is 0 Å². The van der Waals surface area contributed by atoms with Crippen LogP contribution in [-0.2, 0) is 4.79 Å². The molecule has 8 nitrogen and oxygen atoms in total. The quantitative estimate of drug-likeness (QED) is 0.649. The minimum atomic E-state index is -3.24. The summed E-state index contributed by atoms with van der Waals surface area (Å²) in [5, 5.41) is 24.9. The molecule has 2 atom stereocenters. The van der Waals surface area contributed by atoms with Gasteiger partial charge in [-0.25, -0.2) is 8.78 Å². The van der Waals surface area contributed by atoms with Crippen LogP contribution in [0.2, 0.25) is 0 Å². The molecule has 1 heterocycles. The SMILES string of the molecule is CC1=NN(C(=O)[C@H](C)Oc2ccccc2[N+](=O)[O-])[C@@](O)(C(F)F)C1. The fourth-order valence-electron chi connectivity index (χ4n) is 2.27. The van der Waals surface area contributed by atoms with Crippen molar-refractivity contribution in [2.24, 2.45) is 5.10 Å². The zero-order valence-corrected chi connectivity index (χ0v) is 12.8. The monoisotopic (exact) mass is 343 g/mol. The number of hydrazone groups is 1. The van der Waals surface area contributed by atoms with Crippen molar-refractivity contribution in [3.05, 3.63) is 34.4 Å². The summed E-state index contributed by atoms with van der Waals surface area (Å²) in [4.78, 5) is 22.6. The summed E-state index contributed by atoms with van der Waals surface area (Å²) in [5.41, 5.74) is -2.96. The number of amides is 1. The summed E-state index contributed by atoms with van der Waals surface area (Å²) in [6.45, 7) is 2.63. The molecule has 0 radical (unpaired) electrons. The Morgan fingerprint density at radius 3 is 2.71 bits per heavy atom. The number of nitro groups is 1. The lowest BCUT2D eigenvalue weighted by molar-refractivity contribution is -0.386. The first-order chi connectivity index (χ1) is 11.2. The Kier molecular flexibility index (Phi) is 4.78. The van der Waals surface area contributed by atoms with Gasteiger partial charge in [-0.3, -0.25) is 14.9 Å². The molecule has 1 aliphatic heterocycles. The van der Waals surface area contributed by atoms with Gasteiger partial charge in [0.1, 0.15) is 0 Å². The molecule has 0 unspecified atom stereocenters. The first-order valence-electron chi connectivity index (χ1n) is 6.95. The second-order valence-corrected chi connectivity index (χ2v) is 5.33. The Hall–Kier alpha value is -2.62. The fraction of sp³-hybridized carbons (Fsp3) is 0.429. The summed E-state index contributed by atoms with van der Waals surface area (Å²) in [5.74, 6) is -1.23.